The molecule has 146 valence electrons. The number of rotatable bonds is 4. The maximum absolute atomic E-state index is 12.7. The fourth-order valence-corrected chi connectivity index (χ4v) is 3.85. The first-order valence-corrected chi connectivity index (χ1v) is 9.82. The highest BCUT2D eigenvalue weighted by molar-refractivity contribution is 5.83. The van der Waals surface area contributed by atoms with Gasteiger partial charge in [-0.15, -0.1) is 0 Å². The van der Waals surface area contributed by atoms with Gasteiger partial charge in [0.15, 0.2) is 0 Å². The van der Waals surface area contributed by atoms with Crippen molar-refractivity contribution >= 4 is 22.8 Å². The average Bonchev–Trinajstić information content (AvgIpc) is 2.96. The van der Waals surface area contributed by atoms with E-state index in [1.54, 1.807) is 0 Å². The molecule has 0 N–H and O–H groups in total. The summed E-state index contributed by atoms with van der Waals surface area (Å²) in [5.41, 5.74) is 3.04. The van der Waals surface area contributed by atoms with Gasteiger partial charge in [-0.2, -0.15) is 0 Å². The molecule has 1 saturated heterocycles. The Labute approximate surface area is 161 Å². The van der Waals surface area contributed by atoms with E-state index in [1.807, 2.05) is 42.7 Å². The zero-order valence-electron chi connectivity index (χ0n) is 17.0. The molecule has 1 fully saturated rings. The van der Waals surface area contributed by atoms with E-state index in [0.29, 0.717) is 38.6 Å². The normalized spacial score (nSPS) is 15.2. The Morgan fingerprint density at radius 3 is 2.26 bits per heavy atom. The lowest BCUT2D eigenvalue weighted by atomic mass is 10.1. The molecule has 2 heterocycles. The Balaban J connectivity index is 1.66. The zero-order chi connectivity index (χ0) is 19.7. The Bertz CT molecular complexity index is 845. The quantitative estimate of drug-likeness (QED) is 0.831. The van der Waals surface area contributed by atoms with Crippen molar-refractivity contribution < 1.29 is 9.59 Å². The number of aryl methyl sites for hydroxylation is 1. The number of piperazine rings is 1. The third kappa shape index (κ3) is 3.99. The topological polar surface area (TPSA) is 58.4 Å². The van der Waals surface area contributed by atoms with Crippen molar-refractivity contribution in [3.63, 3.8) is 0 Å². The summed E-state index contributed by atoms with van der Waals surface area (Å²) in [7, 11) is 0. The summed E-state index contributed by atoms with van der Waals surface area (Å²) < 4.78 is 2.21. The summed E-state index contributed by atoms with van der Waals surface area (Å²) in [4.78, 5) is 33.2. The van der Waals surface area contributed by atoms with E-state index in [0.717, 1.165) is 22.4 Å². The van der Waals surface area contributed by atoms with Crippen LogP contribution in [0.15, 0.2) is 18.2 Å². The number of hydrogen-bond donors (Lipinski definition) is 0. The van der Waals surface area contributed by atoms with Crippen molar-refractivity contribution in [3.8, 4) is 0 Å². The highest BCUT2D eigenvalue weighted by Crippen LogP contribution is 2.22. The first kappa shape index (κ1) is 19.4. The van der Waals surface area contributed by atoms with Crippen LogP contribution in [0.1, 0.15) is 45.1 Å². The molecule has 1 aromatic heterocycles. The second-order valence-electron chi connectivity index (χ2n) is 7.98. The number of amides is 2. The molecule has 1 aliphatic rings. The molecule has 0 atom stereocenters. The number of nitrogens with zero attached hydrogens (tertiary/aromatic N) is 4. The fourth-order valence-electron chi connectivity index (χ4n) is 3.85. The van der Waals surface area contributed by atoms with Crippen molar-refractivity contribution in [2.24, 2.45) is 5.92 Å². The third-order valence-electron chi connectivity index (χ3n) is 5.24. The molecule has 27 heavy (non-hydrogen) atoms. The van der Waals surface area contributed by atoms with Crippen LogP contribution in [-0.2, 0) is 16.0 Å². The molecule has 0 bridgehead atoms. The van der Waals surface area contributed by atoms with Crippen LogP contribution in [0.3, 0.4) is 0 Å². The van der Waals surface area contributed by atoms with Crippen LogP contribution in [-0.4, -0.2) is 57.3 Å². The molecule has 2 aromatic rings. The van der Waals surface area contributed by atoms with Crippen molar-refractivity contribution in [2.45, 2.75) is 47.1 Å². The van der Waals surface area contributed by atoms with E-state index < -0.39 is 0 Å². The molecule has 3 rings (SSSR count). The average molecular weight is 370 g/mol. The van der Waals surface area contributed by atoms with Crippen molar-refractivity contribution in [3.05, 3.63) is 29.6 Å². The molecule has 0 spiro atoms. The van der Waals surface area contributed by atoms with Gasteiger partial charge >= 0.3 is 0 Å². The molecule has 0 saturated carbocycles. The van der Waals surface area contributed by atoms with Crippen molar-refractivity contribution in [2.75, 3.05) is 26.2 Å². The third-order valence-corrected chi connectivity index (χ3v) is 5.24. The summed E-state index contributed by atoms with van der Waals surface area (Å²) in [6.07, 6.45) is 0.377. The van der Waals surface area contributed by atoms with E-state index in [4.69, 9.17) is 0 Å². The molecule has 1 aromatic carbocycles. The maximum Gasteiger partial charge on any atom is 0.227 e. The Kier molecular flexibility index (Phi) is 5.53. The van der Waals surface area contributed by atoms with Gasteiger partial charge in [0.05, 0.1) is 17.5 Å². The SMILES string of the molecule is Cc1nc2cc(CC(=O)N3CCN(C(=O)C(C)C)CC3)ccc2n1C(C)C. The van der Waals surface area contributed by atoms with Gasteiger partial charge in [0.1, 0.15) is 5.82 Å². The van der Waals surface area contributed by atoms with Crippen LogP contribution in [0.25, 0.3) is 11.0 Å². The lowest BCUT2D eigenvalue weighted by molar-refractivity contribution is -0.141. The minimum atomic E-state index is 0.00748. The van der Waals surface area contributed by atoms with Gasteiger partial charge in [0.2, 0.25) is 11.8 Å². The number of aromatic nitrogens is 2. The molecule has 2 amide bonds. The Morgan fingerprint density at radius 1 is 1.04 bits per heavy atom. The number of benzene rings is 1. The predicted molar refractivity (Wildman–Crippen MR) is 107 cm³/mol. The van der Waals surface area contributed by atoms with Gasteiger partial charge in [0, 0.05) is 38.1 Å². The number of hydrogen-bond acceptors (Lipinski definition) is 3. The first-order valence-electron chi connectivity index (χ1n) is 9.82. The van der Waals surface area contributed by atoms with Gasteiger partial charge in [-0.1, -0.05) is 19.9 Å². The summed E-state index contributed by atoms with van der Waals surface area (Å²) in [6, 6.07) is 6.47. The highest BCUT2D eigenvalue weighted by Gasteiger charge is 2.25. The highest BCUT2D eigenvalue weighted by atomic mass is 16.2. The van der Waals surface area contributed by atoms with Gasteiger partial charge < -0.3 is 14.4 Å². The maximum atomic E-state index is 12.7. The first-order chi connectivity index (χ1) is 12.8. The summed E-state index contributed by atoms with van der Waals surface area (Å²) >= 11 is 0. The van der Waals surface area contributed by atoms with Gasteiger partial charge in [-0.05, 0) is 38.5 Å². The minimum absolute atomic E-state index is 0.00748. The number of carbonyl (C=O) groups is 2. The van der Waals surface area contributed by atoms with E-state index in [1.165, 1.54) is 0 Å². The molecular weight excluding hydrogens is 340 g/mol. The monoisotopic (exact) mass is 370 g/mol. The smallest absolute Gasteiger partial charge is 0.227 e. The van der Waals surface area contributed by atoms with E-state index >= 15 is 0 Å². The molecule has 6 nitrogen and oxygen atoms in total. The van der Waals surface area contributed by atoms with E-state index in [2.05, 4.69) is 29.5 Å². The van der Waals surface area contributed by atoms with Crippen LogP contribution >= 0.6 is 0 Å². The lowest BCUT2D eigenvalue weighted by Crippen LogP contribution is -2.51. The van der Waals surface area contributed by atoms with Crippen LogP contribution in [0.4, 0.5) is 0 Å². The Hall–Kier alpha value is -2.37. The summed E-state index contributed by atoms with van der Waals surface area (Å²) in [5.74, 6) is 1.29. The number of carbonyl (C=O) groups excluding carboxylic acids is 2. The fraction of sp³-hybridized carbons (Fsp3) is 0.571. The van der Waals surface area contributed by atoms with Crippen molar-refractivity contribution in [1.29, 1.82) is 0 Å². The Morgan fingerprint density at radius 2 is 1.67 bits per heavy atom. The molecular formula is C21H30N4O2. The molecule has 0 radical (unpaired) electrons. The largest absolute Gasteiger partial charge is 0.339 e. The summed E-state index contributed by atoms with van der Waals surface area (Å²) in [6.45, 7) is 12.6. The predicted octanol–water partition coefficient (Wildman–Crippen LogP) is 2.79. The standard InChI is InChI=1S/C21H30N4O2/c1-14(2)21(27)24-10-8-23(9-11-24)20(26)13-17-6-7-19-18(12-17)22-16(5)25(19)15(3)4/h6-7,12,14-15H,8-11,13H2,1-5H3. The summed E-state index contributed by atoms with van der Waals surface area (Å²) in [5, 5.41) is 0. The van der Waals surface area contributed by atoms with Crippen LogP contribution in [0, 0.1) is 12.8 Å². The van der Waals surface area contributed by atoms with Crippen LogP contribution in [0.5, 0.6) is 0 Å². The van der Waals surface area contributed by atoms with Gasteiger partial charge in [0.25, 0.3) is 0 Å². The van der Waals surface area contributed by atoms with Crippen LogP contribution in [0.2, 0.25) is 0 Å². The molecule has 1 aliphatic heterocycles. The number of imidazole rings is 1. The minimum Gasteiger partial charge on any atom is -0.339 e. The van der Waals surface area contributed by atoms with E-state index in [9.17, 15) is 9.59 Å². The second-order valence-corrected chi connectivity index (χ2v) is 7.98. The zero-order valence-corrected chi connectivity index (χ0v) is 17.0. The second kappa shape index (κ2) is 7.71. The van der Waals surface area contributed by atoms with Crippen LogP contribution < -0.4 is 0 Å². The number of fused-ring (bicyclic) bond motifs is 1. The lowest BCUT2D eigenvalue weighted by Gasteiger charge is -2.35. The molecule has 0 unspecified atom stereocenters. The molecule has 6 heteroatoms. The van der Waals surface area contributed by atoms with Gasteiger partial charge in [-0.25, -0.2) is 4.98 Å². The van der Waals surface area contributed by atoms with Gasteiger partial charge in [-0.3, -0.25) is 9.59 Å². The van der Waals surface area contributed by atoms with Crippen molar-refractivity contribution in [1.82, 2.24) is 19.4 Å². The molecule has 0 aliphatic carbocycles. The van der Waals surface area contributed by atoms with E-state index in [-0.39, 0.29) is 17.7 Å².